The largest absolute Gasteiger partial charge is 0.490 e. The minimum Gasteiger partial charge on any atom is -0.490 e. The lowest BCUT2D eigenvalue weighted by Crippen LogP contribution is -2.29. The van der Waals surface area contributed by atoms with Crippen LogP contribution in [0.15, 0.2) is 36.5 Å². The highest BCUT2D eigenvalue weighted by molar-refractivity contribution is 5.43. The summed E-state index contributed by atoms with van der Waals surface area (Å²) in [5.41, 5.74) is 2.29. The molecule has 2 aromatic rings. The minimum atomic E-state index is -0.149. The summed E-state index contributed by atoms with van der Waals surface area (Å²) in [6, 6.07) is 8.97. The Balaban J connectivity index is 1.40. The summed E-state index contributed by atoms with van der Waals surface area (Å²) in [4.78, 5) is 4.38. The van der Waals surface area contributed by atoms with Gasteiger partial charge in [0.25, 0.3) is 0 Å². The molecular formula is C21H25FN2O. The van der Waals surface area contributed by atoms with Gasteiger partial charge in [0.15, 0.2) is 0 Å². The normalized spacial score (nSPS) is 18.5. The molecule has 1 aromatic carbocycles. The Morgan fingerprint density at radius 2 is 2.04 bits per heavy atom. The molecule has 2 fully saturated rings. The van der Waals surface area contributed by atoms with Crippen molar-refractivity contribution in [2.45, 2.75) is 57.6 Å². The SMILES string of the molecule is CC(Oc1ccnc(NCc2ccc(F)cc2C2CC2)c1)C1CCC1. The van der Waals surface area contributed by atoms with Gasteiger partial charge in [-0.15, -0.1) is 0 Å². The lowest BCUT2D eigenvalue weighted by molar-refractivity contribution is 0.0989. The standard InChI is InChI=1S/C21H25FN2O/c1-14(15-3-2-4-15)25-19-9-10-23-21(12-19)24-13-17-7-8-18(22)11-20(17)16-5-6-16/h7-12,14-16H,2-6,13H2,1H3,(H,23,24). The molecule has 1 unspecified atom stereocenters. The van der Waals surface area contributed by atoms with Gasteiger partial charge in [-0.25, -0.2) is 9.37 Å². The number of aromatic nitrogens is 1. The maximum absolute atomic E-state index is 13.5. The first-order valence-electron chi connectivity index (χ1n) is 9.34. The summed E-state index contributed by atoms with van der Waals surface area (Å²) in [7, 11) is 0. The molecular weight excluding hydrogens is 315 g/mol. The number of ether oxygens (including phenoxy) is 1. The van der Waals surface area contributed by atoms with Crippen LogP contribution in [-0.4, -0.2) is 11.1 Å². The zero-order valence-electron chi connectivity index (χ0n) is 14.7. The van der Waals surface area contributed by atoms with E-state index in [1.165, 1.54) is 25.3 Å². The van der Waals surface area contributed by atoms with Crippen LogP contribution in [-0.2, 0) is 6.54 Å². The van der Waals surface area contributed by atoms with Crippen LogP contribution in [0.4, 0.5) is 10.2 Å². The van der Waals surface area contributed by atoms with Crippen molar-refractivity contribution in [2.24, 2.45) is 5.92 Å². The Kier molecular flexibility index (Phi) is 4.60. The molecule has 2 saturated carbocycles. The van der Waals surface area contributed by atoms with Crippen LogP contribution in [0.25, 0.3) is 0 Å². The smallest absolute Gasteiger partial charge is 0.129 e. The fraction of sp³-hybridized carbons (Fsp3) is 0.476. The van der Waals surface area contributed by atoms with Crippen molar-refractivity contribution in [1.29, 1.82) is 0 Å². The van der Waals surface area contributed by atoms with E-state index in [1.54, 1.807) is 12.3 Å². The topological polar surface area (TPSA) is 34.1 Å². The summed E-state index contributed by atoms with van der Waals surface area (Å²) >= 11 is 0. The van der Waals surface area contributed by atoms with E-state index in [0.29, 0.717) is 18.4 Å². The second kappa shape index (κ2) is 7.03. The molecule has 0 saturated heterocycles. The van der Waals surface area contributed by atoms with Gasteiger partial charge in [-0.05, 0) is 73.8 Å². The average Bonchev–Trinajstić information content (AvgIpc) is 3.37. The molecule has 1 heterocycles. The molecule has 0 amide bonds. The molecule has 1 N–H and O–H groups in total. The van der Waals surface area contributed by atoms with Gasteiger partial charge in [0.05, 0.1) is 6.10 Å². The van der Waals surface area contributed by atoms with E-state index in [9.17, 15) is 4.39 Å². The van der Waals surface area contributed by atoms with Gasteiger partial charge in [0.2, 0.25) is 0 Å². The first-order valence-corrected chi connectivity index (χ1v) is 9.34. The van der Waals surface area contributed by atoms with Gasteiger partial charge in [-0.2, -0.15) is 0 Å². The second-order valence-corrected chi connectivity index (χ2v) is 7.36. The predicted molar refractivity (Wildman–Crippen MR) is 97.4 cm³/mol. The minimum absolute atomic E-state index is 0.149. The fourth-order valence-electron chi connectivity index (χ4n) is 3.49. The van der Waals surface area contributed by atoms with Crippen molar-refractivity contribution in [3.05, 3.63) is 53.5 Å². The highest BCUT2D eigenvalue weighted by Gasteiger charge is 2.26. The zero-order valence-corrected chi connectivity index (χ0v) is 14.7. The van der Waals surface area contributed by atoms with Crippen molar-refractivity contribution in [3.63, 3.8) is 0 Å². The fourth-order valence-corrected chi connectivity index (χ4v) is 3.49. The Bertz CT molecular complexity index is 740. The summed E-state index contributed by atoms with van der Waals surface area (Å²) < 4.78 is 19.6. The molecule has 1 aromatic heterocycles. The van der Waals surface area contributed by atoms with E-state index in [4.69, 9.17) is 4.74 Å². The van der Waals surface area contributed by atoms with Crippen LogP contribution >= 0.6 is 0 Å². The third-order valence-electron chi connectivity index (χ3n) is 5.45. The molecule has 25 heavy (non-hydrogen) atoms. The van der Waals surface area contributed by atoms with Crippen LogP contribution in [0.1, 0.15) is 56.1 Å². The van der Waals surface area contributed by atoms with Crippen molar-refractivity contribution in [1.82, 2.24) is 4.98 Å². The van der Waals surface area contributed by atoms with Gasteiger partial charge in [-0.3, -0.25) is 0 Å². The van der Waals surface area contributed by atoms with Gasteiger partial charge >= 0.3 is 0 Å². The molecule has 0 aliphatic heterocycles. The summed E-state index contributed by atoms with van der Waals surface area (Å²) in [6.07, 6.45) is 8.22. The number of nitrogens with one attached hydrogen (secondary N) is 1. The second-order valence-electron chi connectivity index (χ2n) is 7.36. The van der Waals surface area contributed by atoms with Crippen LogP contribution in [0.2, 0.25) is 0 Å². The van der Waals surface area contributed by atoms with E-state index in [2.05, 4.69) is 17.2 Å². The number of pyridine rings is 1. The number of anilines is 1. The summed E-state index contributed by atoms with van der Waals surface area (Å²) in [6.45, 7) is 2.80. The van der Waals surface area contributed by atoms with Crippen LogP contribution < -0.4 is 10.1 Å². The van der Waals surface area contributed by atoms with Crippen molar-refractivity contribution >= 4 is 5.82 Å². The Morgan fingerprint density at radius 1 is 1.20 bits per heavy atom. The van der Waals surface area contributed by atoms with Crippen molar-refractivity contribution < 1.29 is 9.13 Å². The lowest BCUT2D eigenvalue weighted by atomic mass is 9.82. The Hall–Kier alpha value is -2.10. The highest BCUT2D eigenvalue weighted by Crippen LogP contribution is 2.42. The van der Waals surface area contributed by atoms with Crippen molar-refractivity contribution in [3.8, 4) is 5.75 Å². The number of nitrogens with zero attached hydrogens (tertiary/aromatic N) is 1. The quantitative estimate of drug-likeness (QED) is 0.745. The van der Waals surface area contributed by atoms with Crippen molar-refractivity contribution in [2.75, 3.05) is 5.32 Å². The van der Waals surface area contributed by atoms with Crippen LogP contribution in [0.5, 0.6) is 5.75 Å². The number of hydrogen-bond donors (Lipinski definition) is 1. The predicted octanol–water partition coefficient (Wildman–Crippen LogP) is 5.28. The molecule has 4 rings (SSSR count). The molecule has 2 aliphatic rings. The Morgan fingerprint density at radius 3 is 2.76 bits per heavy atom. The molecule has 0 bridgehead atoms. The first kappa shape index (κ1) is 16.4. The molecule has 0 radical (unpaired) electrons. The monoisotopic (exact) mass is 340 g/mol. The number of hydrogen-bond acceptors (Lipinski definition) is 3. The molecule has 1 atom stereocenters. The molecule has 132 valence electrons. The molecule has 3 nitrogen and oxygen atoms in total. The van der Waals surface area contributed by atoms with Gasteiger partial charge < -0.3 is 10.1 Å². The lowest BCUT2D eigenvalue weighted by Gasteiger charge is -2.31. The van der Waals surface area contributed by atoms with Crippen LogP contribution in [0.3, 0.4) is 0 Å². The molecule has 0 spiro atoms. The number of rotatable bonds is 7. The molecule has 2 aliphatic carbocycles. The Labute approximate surface area is 148 Å². The highest BCUT2D eigenvalue weighted by atomic mass is 19.1. The number of halogens is 1. The first-order chi connectivity index (χ1) is 12.2. The molecule has 4 heteroatoms. The third kappa shape index (κ3) is 3.94. The van der Waals surface area contributed by atoms with Gasteiger partial charge in [0.1, 0.15) is 17.4 Å². The van der Waals surface area contributed by atoms with Gasteiger partial charge in [-0.1, -0.05) is 12.5 Å². The van der Waals surface area contributed by atoms with E-state index in [1.807, 2.05) is 18.2 Å². The van der Waals surface area contributed by atoms with E-state index >= 15 is 0 Å². The summed E-state index contributed by atoms with van der Waals surface area (Å²) in [5, 5.41) is 3.36. The van der Waals surface area contributed by atoms with Gasteiger partial charge in [0, 0.05) is 18.8 Å². The maximum atomic E-state index is 13.5. The number of benzene rings is 1. The maximum Gasteiger partial charge on any atom is 0.129 e. The zero-order chi connectivity index (χ0) is 17.2. The van der Waals surface area contributed by atoms with Crippen LogP contribution in [0, 0.1) is 11.7 Å². The van der Waals surface area contributed by atoms with E-state index in [-0.39, 0.29) is 11.9 Å². The average molecular weight is 340 g/mol. The summed E-state index contributed by atoms with van der Waals surface area (Å²) in [5.74, 6) is 2.72. The van der Waals surface area contributed by atoms with E-state index < -0.39 is 0 Å². The third-order valence-corrected chi connectivity index (χ3v) is 5.45. The van der Waals surface area contributed by atoms with E-state index in [0.717, 1.165) is 35.5 Å².